The zero-order valence-corrected chi connectivity index (χ0v) is 12.9. The van der Waals surface area contributed by atoms with Crippen molar-refractivity contribution in [2.75, 3.05) is 32.7 Å². The maximum absolute atomic E-state index is 12.2. The summed E-state index contributed by atoms with van der Waals surface area (Å²) in [6.07, 6.45) is 4.79. The summed E-state index contributed by atoms with van der Waals surface area (Å²) < 4.78 is 0. The fourth-order valence-electron chi connectivity index (χ4n) is 3.23. The first kappa shape index (κ1) is 16.1. The fourth-order valence-corrected chi connectivity index (χ4v) is 3.23. The summed E-state index contributed by atoms with van der Waals surface area (Å²) in [5, 5.41) is 11.7. The van der Waals surface area contributed by atoms with Gasteiger partial charge < -0.3 is 15.3 Å². The Morgan fingerprint density at radius 3 is 2.81 bits per heavy atom. The van der Waals surface area contributed by atoms with Gasteiger partial charge in [-0.1, -0.05) is 6.92 Å². The molecule has 2 atom stereocenters. The van der Waals surface area contributed by atoms with Gasteiger partial charge in [0, 0.05) is 32.2 Å². The van der Waals surface area contributed by atoms with E-state index < -0.39 is 5.97 Å². The lowest BCUT2D eigenvalue weighted by molar-refractivity contribution is -0.141. The number of fused-ring (bicyclic) bond motifs is 1. The normalized spacial score (nSPS) is 24.2. The van der Waals surface area contributed by atoms with Crippen molar-refractivity contribution >= 4 is 12.0 Å². The maximum Gasteiger partial charge on any atom is 0.317 e. The molecule has 0 saturated carbocycles. The largest absolute Gasteiger partial charge is 0.481 e. The molecule has 2 fully saturated rings. The van der Waals surface area contributed by atoms with Crippen molar-refractivity contribution in [2.45, 2.75) is 45.1 Å². The van der Waals surface area contributed by atoms with Crippen LogP contribution in [0.5, 0.6) is 0 Å². The topological polar surface area (TPSA) is 72.9 Å². The molecule has 0 aromatic carbocycles. The maximum atomic E-state index is 12.2. The molecule has 0 radical (unpaired) electrons. The number of hydrogen-bond acceptors (Lipinski definition) is 3. The van der Waals surface area contributed by atoms with E-state index in [1.54, 1.807) is 6.92 Å². The van der Waals surface area contributed by atoms with E-state index in [4.69, 9.17) is 5.11 Å². The summed E-state index contributed by atoms with van der Waals surface area (Å²) >= 11 is 0. The van der Waals surface area contributed by atoms with Gasteiger partial charge in [-0.15, -0.1) is 0 Å². The molecule has 2 aliphatic rings. The van der Waals surface area contributed by atoms with Gasteiger partial charge in [-0.3, -0.25) is 9.69 Å². The van der Waals surface area contributed by atoms with E-state index in [0.29, 0.717) is 25.4 Å². The van der Waals surface area contributed by atoms with Crippen molar-refractivity contribution < 1.29 is 14.7 Å². The van der Waals surface area contributed by atoms with Gasteiger partial charge in [0.15, 0.2) is 0 Å². The van der Waals surface area contributed by atoms with E-state index in [1.165, 1.54) is 19.4 Å². The molecular formula is C15H27N3O3. The standard InChI is InChI=1S/C15H27N3O3/c1-12(14(19)20)5-2-7-16-15(21)18-10-4-9-17-8-3-6-13(17)11-18/h12-13H,2-11H2,1H3,(H,16,21)(H,19,20). The van der Waals surface area contributed by atoms with Crippen molar-refractivity contribution in [1.82, 2.24) is 15.1 Å². The molecule has 0 aromatic heterocycles. The van der Waals surface area contributed by atoms with Crippen LogP contribution in [0, 0.1) is 5.92 Å². The average Bonchev–Trinajstić information content (AvgIpc) is 2.79. The van der Waals surface area contributed by atoms with Crippen LogP contribution in [0.1, 0.15) is 39.0 Å². The highest BCUT2D eigenvalue weighted by molar-refractivity contribution is 5.74. The van der Waals surface area contributed by atoms with Gasteiger partial charge in [0.2, 0.25) is 0 Å². The Morgan fingerprint density at radius 2 is 2.05 bits per heavy atom. The lowest BCUT2D eigenvalue weighted by Crippen LogP contribution is -2.44. The van der Waals surface area contributed by atoms with Crippen LogP contribution in [-0.4, -0.2) is 65.7 Å². The lowest BCUT2D eigenvalue weighted by Gasteiger charge is -2.25. The number of nitrogens with one attached hydrogen (secondary N) is 1. The second-order valence-corrected chi connectivity index (χ2v) is 6.25. The van der Waals surface area contributed by atoms with E-state index in [-0.39, 0.29) is 11.9 Å². The molecule has 2 N–H and O–H groups in total. The highest BCUT2D eigenvalue weighted by atomic mass is 16.4. The summed E-state index contributed by atoms with van der Waals surface area (Å²) in [6, 6.07) is 0.539. The monoisotopic (exact) mass is 297 g/mol. The van der Waals surface area contributed by atoms with Gasteiger partial charge >= 0.3 is 12.0 Å². The van der Waals surface area contributed by atoms with E-state index in [1.807, 2.05) is 4.90 Å². The Balaban J connectivity index is 1.69. The number of carboxylic acids is 1. The number of carboxylic acid groups (broad SMARTS) is 1. The first-order valence-corrected chi connectivity index (χ1v) is 8.07. The Hall–Kier alpha value is -1.30. The molecule has 2 rings (SSSR count). The smallest absolute Gasteiger partial charge is 0.317 e. The summed E-state index contributed by atoms with van der Waals surface area (Å²) in [6.45, 7) is 6.19. The number of carbonyl (C=O) groups excluding carboxylic acids is 1. The van der Waals surface area contributed by atoms with Crippen LogP contribution in [0.15, 0.2) is 0 Å². The van der Waals surface area contributed by atoms with Crippen LogP contribution in [0.2, 0.25) is 0 Å². The van der Waals surface area contributed by atoms with E-state index in [9.17, 15) is 9.59 Å². The Bertz CT molecular complexity index is 375. The van der Waals surface area contributed by atoms with E-state index in [0.717, 1.165) is 26.1 Å². The summed E-state index contributed by atoms with van der Waals surface area (Å²) in [4.78, 5) is 27.3. The zero-order chi connectivity index (χ0) is 15.2. The molecule has 0 aliphatic carbocycles. The van der Waals surface area contributed by atoms with Crippen molar-refractivity contribution in [1.29, 1.82) is 0 Å². The minimum atomic E-state index is -0.768. The Labute approximate surface area is 126 Å². The van der Waals surface area contributed by atoms with Gasteiger partial charge in [0.1, 0.15) is 0 Å². The van der Waals surface area contributed by atoms with Crippen molar-refractivity contribution in [3.8, 4) is 0 Å². The highest BCUT2D eigenvalue weighted by Gasteiger charge is 2.30. The van der Waals surface area contributed by atoms with Crippen LogP contribution in [0.3, 0.4) is 0 Å². The number of amides is 2. The second-order valence-electron chi connectivity index (χ2n) is 6.25. The van der Waals surface area contributed by atoms with Crippen molar-refractivity contribution in [2.24, 2.45) is 5.92 Å². The van der Waals surface area contributed by atoms with E-state index >= 15 is 0 Å². The number of rotatable bonds is 5. The number of hydrogen-bond donors (Lipinski definition) is 2. The third-order valence-electron chi connectivity index (χ3n) is 4.60. The Kier molecular flexibility index (Phi) is 5.85. The van der Waals surface area contributed by atoms with Crippen molar-refractivity contribution in [3.05, 3.63) is 0 Å². The van der Waals surface area contributed by atoms with Crippen LogP contribution < -0.4 is 5.32 Å². The number of carbonyl (C=O) groups is 2. The van der Waals surface area contributed by atoms with Crippen LogP contribution in [0.25, 0.3) is 0 Å². The minimum absolute atomic E-state index is 0.00623. The minimum Gasteiger partial charge on any atom is -0.481 e. The predicted molar refractivity (Wildman–Crippen MR) is 80.2 cm³/mol. The number of nitrogens with zero attached hydrogens (tertiary/aromatic N) is 2. The van der Waals surface area contributed by atoms with Gasteiger partial charge in [0.05, 0.1) is 5.92 Å². The fraction of sp³-hybridized carbons (Fsp3) is 0.867. The molecule has 6 nitrogen and oxygen atoms in total. The Morgan fingerprint density at radius 1 is 1.29 bits per heavy atom. The van der Waals surface area contributed by atoms with Crippen LogP contribution in [0.4, 0.5) is 4.79 Å². The molecule has 21 heavy (non-hydrogen) atoms. The molecule has 0 spiro atoms. The number of aliphatic carboxylic acids is 1. The zero-order valence-electron chi connectivity index (χ0n) is 12.9. The molecule has 120 valence electrons. The van der Waals surface area contributed by atoms with Crippen LogP contribution >= 0.6 is 0 Å². The van der Waals surface area contributed by atoms with Gasteiger partial charge in [-0.25, -0.2) is 4.79 Å². The summed E-state index contributed by atoms with van der Waals surface area (Å²) in [5.74, 6) is -1.11. The SMILES string of the molecule is CC(CCCNC(=O)N1CCCN2CCCC2C1)C(=O)O. The number of urea groups is 1. The molecule has 2 unspecified atom stereocenters. The average molecular weight is 297 g/mol. The lowest BCUT2D eigenvalue weighted by atomic mass is 10.1. The molecule has 6 heteroatoms. The third kappa shape index (κ3) is 4.59. The van der Waals surface area contributed by atoms with Crippen LogP contribution in [-0.2, 0) is 4.79 Å². The molecule has 2 saturated heterocycles. The summed E-state index contributed by atoms with van der Waals surface area (Å²) in [7, 11) is 0. The van der Waals surface area contributed by atoms with Gasteiger partial charge in [-0.05, 0) is 38.6 Å². The van der Waals surface area contributed by atoms with Crippen molar-refractivity contribution in [3.63, 3.8) is 0 Å². The molecule has 2 aliphatic heterocycles. The molecule has 2 heterocycles. The predicted octanol–water partition coefficient (Wildman–Crippen LogP) is 1.37. The molecular weight excluding hydrogens is 270 g/mol. The first-order chi connectivity index (χ1) is 10.1. The third-order valence-corrected chi connectivity index (χ3v) is 4.60. The van der Waals surface area contributed by atoms with Gasteiger partial charge in [0.25, 0.3) is 0 Å². The molecule has 0 bridgehead atoms. The molecule has 2 amide bonds. The summed E-state index contributed by atoms with van der Waals surface area (Å²) in [5.41, 5.74) is 0. The second kappa shape index (κ2) is 7.64. The highest BCUT2D eigenvalue weighted by Crippen LogP contribution is 2.21. The molecule has 0 aromatic rings. The van der Waals surface area contributed by atoms with E-state index in [2.05, 4.69) is 10.2 Å². The first-order valence-electron chi connectivity index (χ1n) is 8.07. The quantitative estimate of drug-likeness (QED) is 0.752. The van der Waals surface area contributed by atoms with Gasteiger partial charge in [-0.2, -0.15) is 0 Å².